The lowest BCUT2D eigenvalue weighted by Gasteiger charge is -2.38. The highest BCUT2D eigenvalue weighted by atomic mass is 33.1. The van der Waals surface area contributed by atoms with Crippen molar-refractivity contribution in [2.75, 3.05) is 25.6 Å². The Labute approximate surface area is 76.8 Å². The standard InChI is InChI=1S/C8H19NS2/c1-11(2,10)9-7-5-3-4-6-8-9/h10H,3-8H2,1-2H3. The largest absolute Gasteiger partial charge is 0.260 e. The van der Waals surface area contributed by atoms with Crippen LogP contribution in [0.4, 0.5) is 0 Å². The van der Waals surface area contributed by atoms with Crippen LogP contribution in [-0.4, -0.2) is 29.9 Å². The van der Waals surface area contributed by atoms with E-state index in [1.807, 2.05) is 0 Å². The summed E-state index contributed by atoms with van der Waals surface area (Å²) in [5.41, 5.74) is 0. The van der Waals surface area contributed by atoms with Crippen molar-refractivity contribution in [2.24, 2.45) is 0 Å². The fourth-order valence-corrected chi connectivity index (χ4v) is 3.13. The first-order chi connectivity index (χ1) is 5.11. The lowest BCUT2D eigenvalue weighted by Crippen LogP contribution is -2.24. The van der Waals surface area contributed by atoms with Crippen LogP contribution in [0.25, 0.3) is 0 Å². The maximum absolute atomic E-state index is 4.65. The second-order valence-electron chi connectivity index (χ2n) is 3.56. The van der Waals surface area contributed by atoms with Crippen molar-refractivity contribution in [3.63, 3.8) is 0 Å². The third-order valence-electron chi connectivity index (χ3n) is 2.20. The van der Waals surface area contributed by atoms with E-state index in [1.54, 1.807) is 0 Å². The number of thiol groups is 1. The summed E-state index contributed by atoms with van der Waals surface area (Å²) < 4.78 is 2.56. The zero-order valence-corrected chi connectivity index (χ0v) is 9.26. The first-order valence-corrected chi connectivity index (χ1v) is 7.77. The van der Waals surface area contributed by atoms with Crippen LogP contribution in [0.15, 0.2) is 0 Å². The molecule has 0 spiro atoms. The second kappa shape index (κ2) is 4.06. The predicted octanol–water partition coefficient (Wildman–Crippen LogP) is 2.69. The van der Waals surface area contributed by atoms with Gasteiger partial charge in [0.05, 0.1) is 0 Å². The van der Waals surface area contributed by atoms with Gasteiger partial charge >= 0.3 is 0 Å². The lowest BCUT2D eigenvalue weighted by atomic mass is 10.2. The highest BCUT2D eigenvalue weighted by Gasteiger charge is 2.18. The molecule has 0 atom stereocenters. The van der Waals surface area contributed by atoms with E-state index in [0.29, 0.717) is 0 Å². The minimum Gasteiger partial charge on any atom is -0.260 e. The predicted molar refractivity (Wildman–Crippen MR) is 58.5 cm³/mol. The SMILES string of the molecule is CS(C)(S)N1CCCCCC1. The Morgan fingerprint density at radius 1 is 1.00 bits per heavy atom. The van der Waals surface area contributed by atoms with Crippen molar-refractivity contribution < 1.29 is 0 Å². The van der Waals surface area contributed by atoms with Crippen molar-refractivity contribution in [3.8, 4) is 0 Å². The van der Waals surface area contributed by atoms with Gasteiger partial charge in [-0.2, -0.15) is 0 Å². The van der Waals surface area contributed by atoms with E-state index in [4.69, 9.17) is 0 Å². The Kier molecular flexibility index (Phi) is 3.59. The van der Waals surface area contributed by atoms with Crippen LogP contribution < -0.4 is 0 Å². The van der Waals surface area contributed by atoms with E-state index in [9.17, 15) is 0 Å². The molecule has 0 N–H and O–H groups in total. The van der Waals surface area contributed by atoms with Gasteiger partial charge in [0.15, 0.2) is 0 Å². The fourth-order valence-electron chi connectivity index (χ4n) is 1.49. The van der Waals surface area contributed by atoms with Crippen LogP contribution in [0.3, 0.4) is 0 Å². The van der Waals surface area contributed by atoms with E-state index in [1.165, 1.54) is 38.8 Å². The molecule has 11 heavy (non-hydrogen) atoms. The maximum Gasteiger partial charge on any atom is 0.00815 e. The molecule has 1 saturated heterocycles. The molecule has 1 nitrogen and oxygen atoms in total. The summed E-state index contributed by atoms with van der Waals surface area (Å²) in [4.78, 5) is 0. The number of rotatable bonds is 1. The van der Waals surface area contributed by atoms with E-state index in [0.717, 1.165) is 0 Å². The van der Waals surface area contributed by atoms with Crippen LogP contribution in [-0.2, 0) is 0 Å². The molecule has 0 aromatic heterocycles. The molecule has 1 heterocycles. The van der Waals surface area contributed by atoms with Gasteiger partial charge in [0.25, 0.3) is 0 Å². The molecule has 0 bridgehead atoms. The molecule has 0 aliphatic carbocycles. The molecule has 0 aromatic carbocycles. The Balaban J connectivity index is 2.43. The molecule has 1 aliphatic heterocycles. The van der Waals surface area contributed by atoms with Gasteiger partial charge in [-0.05, 0) is 25.4 Å². The van der Waals surface area contributed by atoms with Crippen LogP contribution in [0.5, 0.6) is 0 Å². The minimum absolute atomic E-state index is 0.721. The molecule has 1 fully saturated rings. The van der Waals surface area contributed by atoms with Gasteiger partial charge in [-0.15, -0.1) is 20.9 Å². The zero-order valence-electron chi connectivity index (χ0n) is 7.55. The van der Waals surface area contributed by atoms with E-state index < -0.39 is 9.25 Å². The van der Waals surface area contributed by atoms with Crippen LogP contribution >= 0.6 is 20.9 Å². The fraction of sp³-hybridized carbons (Fsp3) is 1.00. The molecular weight excluding hydrogens is 174 g/mol. The number of nitrogens with zero attached hydrogens (tertiary/aromatic N) is 1. The first kappa shape index (κ1) is 9.75. The molecule has 3 heteroatoms. The highest BCUT2D eigenvalue weighted by molar-refractivity contribution is 8.86. The summed E-state index contributed by atoms with van der Waals surface area (Å²) in [6.45, 7) is 2.54. The summed E-state index contributed by atoms with van der Waals surface area (Å²) in [6.07, 6.45) is 10.1. The molecule has 0 unspecified atom stereocenters. The van der Waals surface area contributed by atoms with Crippen molar-refractivity contribution in [1.29, 1.82) is 0 Å². The Morgan fingerprint density at radius 3 is 1.82 bits per heavy atom. The summed E-state index contributed by atoms with van der Waals surface area (Å²) in [6, 6.07) is 0. The Hall–Kier alpha value is 0.660. The zero-order chi connectivity index (χ0) is 8.32. The number of hydrogen-bond donors (Lipinski definition) is 1. The molecule has 0 amide bonds. The van der Waals surface area contributed by atoms with Gasteiger partial charge in [-0.3, -0.25) is 4.31 Å². The van der Waals surface area contributed by atoms with Crippen molar-refractivity contribution in [3.05, 3.63) is 0 Å². The highest BCUT2D eigenvalue weighted by Crippen LogP contribution is 2.49. The van der Waals surface area contributed by atoms with Gasteiger partial charge in [0, 0.05) is 13.1 Å². The van der Waals surface area contributed by atoms with Crippen LogP contribution in [0.1, 0.15) is 25.7 Å². The van der Waals surface area contributed by atoms with Gasteiger partial charge in [-0.25, -0.2) is 0 Å². The van der Waals surface area contributed by atoms with Gasteiger partial charge in [0.1, 0.15) is 0 Å². The van der Waals surface area contributed by atoms with Gasteiger partial charge < -0.3 is 0 Å². The third kappa shape index (κ3) is 3.26. The monoisotopic (exact) mass is 193 g/mol. The Morgan fingerprint density at radius 2 is 1.45 bits per heavy atom. The molecule has 0 saturated carbocycles. The quantitative estimate of drug-likeness (QED) is 0.495. The van der Waals surface area contributed by atoms with Crippen LogP contribution in [0.2, 0.25) is 0 Å². The summed E-state index contributed by atoms with van der Waals surface area (Å²) >= 11 is 4.65. The molecule has 1 rings (SSSR count). The molecular formula is C8H19NS2. The van der Waals surface area contributed by atoms with Gasteiger partial charge in [-0.1, -0.05) is 12.8 Å². The number of hydrogen-bond acceptors (Lipinski definition) is 2. The molecule has 0 radical (unpaired) electrons. The van der Waals surface area contributed by atoms with Crippen molar-refractivity contribution in [1.82, 2.24) is 4.31 Å². The summed E-state index contributed by atoms with van der Waals surface area (Å²) in [5, 5.41) is 0. The topological polar surface area (TPSA) is 3.24 Å². The minimum atomic E-state index is -0.721. The summed E-state index contributed by atoms with van der Waals surface area (Å²) in [7, 11) is -0.721. The average molecular weight is 193 g/mol. The average Bonchev–Trinajstić information content (AvgIpc) is 2.10. The van der Waals surface area contributed by atoms with E-state index >= 15 is 0 Å². The van der Waals surface area contributed by atoms with Crippen LogP contribution in [0, 0.1) is 0 Å². The normalized spacial score (nSPS) is 24.6. The Bertz CT molecular complexity index is 112. The molecule has 68 valence electrons. The smallest absolute Gasteiger partial charge is 0.00815 e. The van der Waals surface area contributed by atoms with E-state index in [-0.39, 0.29) is 0 Å². The van der Waals surface area contributed by atoms with Gasteiger partial charge in [0.2, 0.25) is 0 Å². The van der Waals surface area contributed by atoms with Crippen molar-refractivity contribution >= 4 is 20.9 Å². The molecule has 1 aliphatic rings. The maximum atomic E-state index is 4.65. The molecule has 0 aromatic rings. The third-order valence-corrected chi connectivity index (χ3v) is 4.52. The summed E-state index contributed by atoms with van der Waals surface area (Å²) in [5.74, 6) is 0. The van der Waals surface area contributed by atoms with E-state index in [2.05, 4.69) is 28.5 Å². The second-order valence-corrected chi connectivity index (χ2v) is 9.20. The lowest BCUT2D eigenvalue weighted by molar-refractivity contribution is 0.484. The first-order valence-electron chi connectivity index (χ1n) is 4.31. The van der Waals surface area contributed by atoms with Crippen molar-refractivity contribution in [2.45, 2.75) is 25.7 Å².